The number of hydrogen-bond acceptors (Lipinski definition) is 6. The van der Waals surface area contributed by atoms with Crippen LogP contribution in [0.5, 0.6) is 0 Å². The summed E-state index contributed by atoms with van der Waals surface area (Å²) in [6.45, 7) is 1.17. The second-order valence-electron chi connectivity index (χ2n) is 4.25. The Balaban J connectivity index is 2.86. The van der Waals surface area contributed by atoms with Gasteiger partial charge >= 0.3 is 5.97 Å². The molecule has 0 heterocycles. The highest BCUT2D eigenvalue weighted by atomic mass is 32.2. The van der Waals surface area contributed by atoms with E-state index in [1.165, 1.54) is 19.1 Å². The first-order chi connectivity index (χ1) is 9.65. The normalized spacial score (nSPS) is 12.9. The van der Waals surface area contributed by atoms with Crippen molar-refractivity contribution in [3.63, 3.8) is 0 Å². The fourth-order valence-corrected chi connectivity index (χ4v) is 2.56. The van der Waals surface area contributed by atoms with E-state index in [0.717, 1.165) is 6.07 Å². The summed E-state index contributed by atoms with van der Waals surface area (Å²) in [5.74, 6) is -1.46. The summed E-state index contributed by atoms with van der Waals surface area (Å²) in [5.41, 5.74) is -0.0105. The molecule has 0 aliphatic heterocycles. The molecule has 0 aliphatic rings. The van der Waals surface area contributed by atoms with Crippen LogP contribution < -0.4 is 4.72 Å². The van der Waals surface area contributed by atoms with Crippen LogP contribution in [0.2, 0.25) is 0 Å². The fraction of sp³-hybridized carbons (Fsp3) is 0.364. The van der Waals surface area contributed by atoms with E-state index >= 15 is 0 Å². The van der Waals surface area contributed by atoms with Crippen LogP contribution in [0.1, 0.15) is 12.0 Å². The van der Waals surface area contributed by atoms with E-state index in [0.29, 0.717) is 5.56 Å². The monoisotopic (exact) mass is 318 g/mol. The van der Waals surface area contributed by atoms with E-state index in [1.807, 2.05) is 0 Å². The highest BCUT2D eigenvalue weighted by Crippen LogP contribution is 2.21. The number of sulfonamides is 1. The molecule has 116 valence electrons. The van der Waals surface area contributed by atoms with Crippen molar-refractivity contribution in [3.8, 4) is 0 Å². The van der Waals surface area contributed by atoms with Crippen LogP contribution in [-0.2, 0) is 14.8 Å². The third kappa shape index (κ3) is 4.48. The summed E-state index contributed by atoms with van der Waals surface area (Å²) in [4.78, 5) is 20.2. The molecule has 21 heavy (non-hydrogen) atoms. The Hall–Kier alpha value is -2.04. The number of aliphatic hydroxyl groups excluding tert-OH is 1. The zero-order chi connectivity index (χ0) is 16.2. The fourth-order valence-electron chi connectivity index (χ4n) is 1.49. The predicted molar refractivity (Wildman–Crippen MR) is 71.3 cm³/mol. The van der Waals surface area contributed by atoms with Crippen molar-refractivity contribution in [2.24, 2.45) is 0 Å². The van der Waals surface area contributed by atoms with E-state index in [4.69, 9.17) is 10.2 Å². The number of aliphatic carboxylic acids is 1. The van der Waals surface area contributed by atoms with Crippen LogP contribution in [0.3, 0.4) is 0 Å². The van der Waals surface area contributed by atoms with E-state index in [2.05, 4.69) is 4.72 Å². The van der Waals surface area contributed by atoms with Crippen molar-refractivity contribution in [2.75, 3.05) is 6.54 Å². The average Bonchev–Trinajstić information content (AvgIpc) is 2.38. The first kappa shape index (κ1) is 17.0. The minimum Gasteiger partial charge on any atom is -0.479 e. The topological polar surface area (TPSA) is 147 Å². The molecule has 0 saturated heterocycles. The van der Waals surface area contributed by atoms with Gasteiger partial charge in [-0.25, -0.2) is 17.9 Å². The molecule has 0 unspecified atom stereocenters. The zero-order valence-corrected chi connectivity index (χ0v) is 11.8. The number of hydrogen-bond donors (Lipinski definition) is 3. The molecule has 3 N–H and O–H groups in total. The Morgan fingerprint density at radius 1 is 1.48 bits per heavy atom. The number of carbonyl (C=O) groups is 1. The van der Waals surface area contributed by atoms with Crippen molar-refractivity contribution in [3.05, 3.63) is 33.9 Å². The zero-order valence-electron chi connectivity index (χ0n) is 11.0. The summed E-state index contributed by atoms with van der Waals surface area (Å²) >= 11 is 0. The Kier molecular flexibility index (Phi) is 5.35. The van der Waals surface area contributed by atoms with E-state index < -0.39 is 27.0 Å². The number of nitrogens with zero attached hydrogens (tertiary/aromatic N) is 1. The van der Waals surface area contributed by atoms with Crippen molar-refractivity contribution >= 4 is 21.7 Å². The van der Waals surface area contributed by atoms with Gasteiger partial charge in [0.2, 0.25) is 10.0 Å². The second kappa shape index (κ2) is 6.61. The number of benzene rings is 1. The molecule has 1 aromatic rings. The van der Waals surface area contributed by atoms with Crippen molar-refractivity contribution in [1.29, 1.82) is 0 Å². The van der Waals surface area contributed by atoms with Crippen LogP contribution in [-0.4, -0.2) is 42.2 Å². The van der Waals surface area contributed by atoms with Crippen molar-refractivity contribution in [1.82, 2.24) is 4.72 Å². The summed E-state index contributed by atoms with van der Waals surface area (Å²) in [6, 6.07) is 3.43. The van der Waals surface area contributed by atoms with Gasteiger partial charge in [0.05, 0.1) is 9.82 Å². The number of aliphatic hydroxyl groups is 1. The molecule has 0 bridgehead atoms. The van der Waals surface area contributed by atoms with Gasteiger partial charge < -0.3 is 10.2 Å². The van der Waals surface area contributed by atoms with Crippen molar-refractivity contribution in [2.45, 2.75) is 24.3 Å². The predicted octanol–water partition coefficient (Wildman–Crippen LogP) is 0.0171. The van der Waals surface area contributed by atoms with Gasteiger partial charge in [-0.3, -0.25) is 10.1 Å². The lowest BCUT2D eigenvalue weighted by Crippen LogP contribution is -2.30. The molecular weight excluding hydrogens is 304 g/mol. The average molecular weight is 318 g/mol. The molecular formula is C11H14N2O7S. The largest absolute Gasteiger partial charge is 0.479 e. The van der Waals surface area contributed by atoms with Gasteiger partial charge in [0, 0.05) is 18.2 Å². The molecule has 0 aliphatic carbocycles. The van der Waals surface area contributed by atoms with Crippen LogP contribution in [0.4, 0.5) is 5.69 Å². The number of nitrogens with one attached hydrogen (secondary N) is 1. The molecule has 1 aromatic carbocycles. The lowest BCUT2D eigenvalue weighted by atomic mass is 10.2. The molecule has 0 saturated carbocycles. The maximum Gasteiger partial charge on any atom is 0.332 e. The number of nitro benzene ring substituents is 1. The maximum absolute atomic E-state index is 11.9. The highest BCUT2D eigenvalue weighted by Gasteiger charge is 2.20. The van der Waals surface area contributed by atoms with E-state index in [-0.39, 0.29) is 23.5 Å². The van der Waals surface area contributed by atoms with Gasteiger partial charge in [-0.05, 0) is 19.4 Å². The first-order valence-corrected chi connectivity index (χ1v) is 7.29. The van der Waals surface area contributed by atoms with Gasteiger partial charge in [-0.15, -0.1) is 0 Å². The molecule has 0 aromatic heterocycles. The van der Waals surface area contributed by atoms with Crippen molar-refractivity contribution < 1.29 is 28.3 Å². The van der Waals surface area contributed by atoms with Crippen LogP contribution >= 0.6 is 0 Å². The summed E-state index contributed by atoms with van der Waals surface area (Å²) in [7, 11) is -4.01. The Morgan fingerprint density at radius 3 is 2.62 bits per heavy atom. The summed E-state index contributed by atoms with van der Waals surface area (Å²) < 4.78 is 25.9. The minimum absolute atomic E-state index is 0.301. The number of aryl methyl sites for hydroxylation is 1. The van der Waals surface area contributed by atoms with Crippen LogP contribution in [0, 0.1) is 17.0 Å². The molecule has 0 fully saturated rings. The minimum atomic E-state index is -4.01. The van der Waals surface area contributed by atoms with Gasteiger partial charge in [0.15, 0.2) is 6.10 Å². The van der Waals surface area contributed by atoms with E-state index in [9.17, 15) is 23.3 Å². The molecule has 1 rings (SSSR count). The van der Waals surface area contributed by atoms with Crippen LogP contribution in [0.15, 0.2) is 23.1 Å². The molecule has 9 nitrogen and oxygen atoms in total. The van der Waals surface area contributed by atoms with Gasteiger partial charge in [0.1, 0.15) is 0 Å². The van der Waals surface area contributed by atoms with Gasteiger partial charge in [-0.1, -0.05) is 6.07 Å². The summed E-state index contributed by atoms with van der Waals surface area (Å²) in [6.07, 6.45) is -2.00. The lowest BCUT2D eigenvalue weighted by Gasteiger charge is -2.09. The quantitative estimate of drug-likeness (QED) is 0.474. The molecule has 10 heteroatoms. The Labute approximate surface area is 120 Å². The number of carboxylic acid groups (broad SMARTS) is 1. The molecule has 1 atom stereocenters. The number of carboxylic acids is 1. The number of rotatable bonds is 7. The smallest absolute Gasteiger partial charge is 0.332 e. The van der Waals surface area contributed by atoms with Gasteiger partial charge in [-0.2, -0.15) is 0 Å². The van der Waals surface area contributed by atoms with Crippen LogP contribution in [0.25, 0.3) is 0 Å². The third-order valence-corrected chi connectivity index (χ3v) is 4.14. The number of nitro groups is 1. The lowest BCUT2D eigenvalue weighted by molar-refractivity contribution is -0.385. The highest BCUT2D eigenvalue weighted by molar-refractivity contribution is 7.89. The van der Waals surface area contributed by atoms with Gasteiger partial charge in [0.25, 0.3) is 5.69 Å². The Morgan fingerprint density at radius 2 is 2.10 bits per heavy atom. The second-order valence-corrected chi connectivity index (χ2v) is 6.01. The summed E-state index contributed by atoms with van der Waals surface area (Å²) in [5, 5.41) is 28.2. The third-order valence-electron chi connectivity index (χ3n) is 2.68. The molecule has 0 amide bonds. The SMILES string of the molecule is Cc1ccc(S(=O)(=O)NCC[C@H](O)C(=O)O)cc1[N+](=O)[O-]. The molecule has 0 radical (unpaired) electrons. The standard InChI is InChI=1S/C11H14N2O7S/c1-7-2-3-8(6-9(7)13(17)18)21(19,20)12-5-4-10(14)11(15)16/h2-3,6,10,12,14H,4-5H2,1H3,(H,15,16)/t10-/m0/s1. The molecule has 0 spiro atoms. The van der Waals surface area contributed by atoms with E-state index in [1.54, 1.807) is 0 Å². The Bertz CT molecular complexity index is 657. The first-order valence-electron chi connectivity index (χ1n) is 5.80. The maximum atomic E-state index is 11.9.